The fourth-order valence-corrected chi connectivity index (χ4v) is 3.91. The molecule has 0 saturated heterocycles. The second-order valence-corrected chi connectivity index (χ2v) is 7.97. The minimum absolute atomic E-state index is 0.0657. The third kappa shape index (κ3) is 3.72. The van der Waals surface area contributed by atoms with Gasteiger partial charge in [-0.3, -0.25) is 9.48 Å². The van der Waals surface area contributed by atoms with Crippen molar-refractivity contribution in [3.05, 3.63) is 64.4 Å². The van der Waals surface area contributed by atoms with Gasteiger partial charge >= 0.3 is 0 Å². The number of hydrogen-bond donors (Lipinski definition) is 0. The summed E-state index contributed by atoms with van der Waals surface area (Å²) >= 11 is 3.46. The van der Waals surface area contributed by atoms with E-state index in [4.69, 9.17) is 0 Å². The number of carbonyl (C=O) groups is 1. The topological polar surface area (TPSA) is 68.8 Å². The lowest BCUT2D eigenvalue weighted by molar-refractivity contribution is -0.131. The van der Waals surface area contributed by atoms with E-state index in [2.05, 4.69) is 31.1 Å². The van der Waals surface area contributed by atoms with Crippen LogP contribution in [0.5, 0.6) is 0 Å². The summed E-state index contributed by atoms with van der Waals surface area (Å²) in [6.45, 7) is 2.37. The predicted molar refractivity (Wildman–Crippen MR) is 115 cm³/mol. The van der Waals surface area contributed by atoms with Crippen molar-refractivity contribution in [3.8, 4) is 11.1 Å². The Hall–Kier alpha value is -3.07. The standard InChI is InChI=1S/C21H20BrFN6O/c1-13-20-16(14-4-6-15(23)7-5-14)8-9-24-21(20)29(26-13)12-19(30)27(2)11-18-17(22)10-25-28(18)3/h4-10H,11-12H2,1-3H3. The number of fused-ring (bicyclic) bond motifs is 1. The number of aromatic nitrogens is 5. The number of carbonyl (C=O) groups excluding carboxylic acids is 1. The van der Waals surface area contributed by atoms with Gasteiger partial charge in [0.05, 0.1) is 28.6 Å². The molecule has 0 aliphatic carbocycles. The van der Waals surface area contributed by atoms with Crippen LogP contribution in [0.1, 0.15) is 11.4 Å². The molecule has 7 nitrogen and oxygen atoms in total. The number of aryl methyl sites for hydroxylation is 2. The Labute approximate surface area is 181 Å². The summed E-state index contributed by atoms with van der Waals surface area (Å²) in [5, 5.41) is 9.59. The molecule has 154 valence electrons. The maximum atomic E-state index is 13.3. The zero-order valence-corrected chi connectivity index (χ0v) is 18.4. The molecule has 0 saturated carbocycles. The Balaban J connectivity index is 1.63. The van der Waals surface area contributed by atoms with Crippen molar-refractivity contribution in [2.24, 2.45) is 7.05 Å². The van der Waals surface area contributed by atoms with Crippen molar-refractivity contribution in [1.29, 1.82) is 0 Å². The maximum absolute atomic E-state index is 13.3. The SMILES string of the molecule is Cc1nn(CC(=O)N(C)Cc2c(Br)cnn2C)c2nccc(-c3ccc(F)cc3)c12. The molecule has 4 aromatic rings. The molecule has 1 amide bonds. The van der Waals surface area contributed by atoms with Crippen LogP contribution in [0.3, 0.4) is 0 Å². The summed E-state index contributed by atoms with van der Waals surface area (Å²) in [6.07, 6.45) is 3.39. The molecule has 3 aromatic heterocycles. The van der Waals surface area contributed by atoms with E-state index in [1.165, 1.54) is 12.1 Å². The number of pyridine rings is 1. The smallest absolute Gasteiger partial charge is 0.244 e. The predicted octanol–water partition coefficient (Wildman–Crippen LogP) is 3.70. The van der Waals surface area contributed by atoms with E-state index in [9.17, 15) is 9.18 Å². The van der Waals surface area contributed by atoms with Crippen LogP contribution in [0.15, 0.2) is 47.2 Å². The van der Waals surface area contributed by atoms with Crippen molar-refractivity contribution < 1.29 is 9.18 Å². The van der Waals surface area contributed by atoms with Crippen molar-refractivity contribution in [2.45, 2.75) is 20.0 Å². The van der Waals surface area contributed by atoms with Gasteiger partial charge in [-0.05, 0) is 52.2 Å². The highest BCUT2D eigenvalue weighted by Gasteiger charge is 2.19. The van der Waals surface area contributed by atoms with Crippen LogP contribution in [-0.4, -0.2) is 42.4 Å². The van der Waals surface area contributed by atoms with Crippen LogP contribution >= 0.6 is 15.9 Å². The van der Waals surface area contributed by atoms with Gasteiger partial charge in [0.25, 0.3) is 0 Å². The molecule has 30 heavy (non-hydrogen) atoms. The Morgan fingerprint density at radius 3 is 2.63 bits per heavy atom. The van der Waals surface area contributed by atoms with Crippen LogP contribution in [0, 0.1) is 12.7 Å². The quantitative estimate of drug-likeness (QED) is 0.445. The Kier molecular flexibility index (Phi) is 5.38. The number of hydrogen-bond acceptors (Lipinski definition) is 4. The molecule has 0 spiro atoms. The van der Waals surface area contributed by atoms with E-state index < -0.39 is 0 Å². The Morgan fingerprint density at radius 1 is 1.23 bits per heavy atom. The van der Waals surface area contributed by atoms with Crippen LogP contribution in [0.25, 0.3) is 22.2 Å². The van der Waals surface area contributed by atoms with Crippen molar-refractivity contribution >= 4 is 32.9 Å². The van der Waals surface area contributed by atoms with Gasteiger partial charge < -0.3 is 4.90 Å². The summed E-state index contributed by atoms with van der Waals surface area (Å²) in [5.41, 5.74) is 4.07. The normalized spacial score (nSPS) is 11.2. The second kappa shape index (κ2) is 7.98. The number of amides is 1. The summed E-state index contributed by atoms with van der Waals surface area (Å²) in [7, 11) is 3.58. The molecular formula is C21H20BrFN6O. The molecule has 0 aliphatic rings. The molecule has 3 heterocycles. The third-order valence-electron chi connectivity index (χ3n) is 5.07. The van der Waals surface area contributed by atoms with Gasteiger partial charge in [0, 0.05) is 25.7 Å². The molecule has 0 fully saturated rings. The van der Waals surface area contributed by atoms with Gasteiger partial charge in [-0.2, -0.15) is 10.2 Å². The molecule has 0 bridgehead atoms. The number of benzene rings is 1. The molecule has 0 unspecified atom stereocenters. The highest BCUT2D eigenvalue weighted by molar-refractivity contribution is 9.10. The van der Waals surface area contributed by atoms with Gasteiger partial charge in [-0.25, -0.2) is 14.1 Å². The van der Waals surface area contributed by atoms with E-state index in [1.54, 1.807) is 45.8 Å². The third-order valence-corrected chi connectivity index (χ3v) is 5.73. The fraction of sp³-hybridized carbons (Fsp3) is 0.238. The van der Waals surface area contributed by atoms with Crippen molar-refractivity contribution in [2.75, 3.05) is 7.05 Å². The van der Waals surface area contributed by atoms with E-state index in [0.717, 1.165) is 32.4 Å². The highest BCUT2D eigenvalue weighted by Crippen LogP contribution is 2.30. The molecule has 0 radical (unpaired) electrons. The van der Waals surface area contributed by atoms with Crippen LogP contribution < -0.4 is 0 Å². The van der Waals surface area contributed by atoms with Gasteiger partial charge in [0.15, 0.2) is 5.65 Å². The molecular weight excluding hydrogens is 451 g/mol. The Morgan fingerprint density at radius 2 is 1.97 bits per heavy atom. The molecule has 1 aromatic carbocycles. The second-order valence-electron chi connectivity index (χ2n) is 7.12. The fourth-order valence-electron chi connectivity index (χ4n) is 3.44. The Bertz CT molecular complexity index is 1210. The zero-order valence-electron chi connectivity index (χ0n) is 16.8. The minimum Gasteiger partial charge on any atom is -0.338 e. The summed E-state index contributed by atoms with van der Waals surface area (Å²) < 4.78 is 17.5. The lowest BCUT2D eigenvalue weighted by atomic mass is 10.0. The van der Waals surface area contributed by atoms with Gasteiger partial charge in [0.2, 0.25) is 5.91 Å². The zero-order chi connectivity index (χ0) is 21.4. The van der Waals surface area contributed by atoms with E-state index >= 15 is 0 Å². The van der Waals surface area contributed by atoms with Gasteiger partial charge in [0.1, 0.15) is 12.4 Å². The minimum atomic E-state index is -0.287. The monoisotopic (exact) mass is 470 g/mol. The number of halogens is 2. The van der Waals surface area contributed by atoms with Crippen LogP contribution in [-0.2, 0) is 24.9 Å². The van der Waals surface area contributed by atoms with Crippen molar-refractivity contribution in [3.63, 3.8) is 0 Å². The molecule has 0 N–H and O–H groups in total. The lowest BCUT2D eigenvalue weighted by Gasteiger charge is -2.17. The first-order chi connectivity index (χ1) is 14.3. The summed E-state index contributed by atoms with van der Waals surface area (Å²) in [6, 6.07) is 8.19. The maximum Gasteiger partial charge on any atom is 0.244 e. The van der Waals surface area contributed by atoms with Gasteiger partial charge in [-0.15, -0.1) is 0 Å². The molecule has 9 heteroatoms. The average Bonchev–Trinajstić information content (AvgIpc) is 3.22. The summed E-state index contributed by atoms with van der Waals surface area (Å²) in [4.78, 5) is 18.9. The molecule has 0 aliphatic heterocycles. The number of rotatable bonds is 5. The van der Waals surface area contributed by atoms with E-state index in [0.29, 0.717) is 12.2 Å². The van der Waals surface area contributed by atoms with Crippen molar-refractivity contribution in [1.82, 2.24) is 29.4 Å². The van der Waals surface area contributed by atoms with E-state index in [-0.39, 0.29) is 18.3 Å². The van der Waals surface area contributed by atoms with Crippen LogP contribution in [0.2, 0.25) is 0 Å². The van der Waals surface area contributed by atoms with E-state index in [1.807, 2.05) is 20.0 Å². The highest BCUT2D eigenvalue weighted by atomic mass is 79.9. The average molecular weight is 471 g/mol. The molecule has 0 atom stereocenters. The lowest BCUT2D eigenvalue weighted by Crippen LogP contribution is -2.31. The summed E-state index contributed by atoms with van der Waals surface area (Å²) in [5.74, 6) is -0.383. The van der Waals surface area contributed by atoms with Crippen LogP contribution in [0.4, 0.5) is 4.39 Å². The molecule has 4 rings (SSSR count). The first kappa shape index (κ1) is 20.2. The first-order valence-corrected chi connectivity index (χ1v) is 10.1. The number of nitrogens with zero attached hydrogens (tertiary/aromatic N) is 6. The largest absolute Gasteiger partial charge is 0.338 e. The number of likely N-dealkylation sites (N-methyl/N-ethyl adjacent to an activating group) is 1. The van der Waals surface area contributed by atoms with Gasteiger partial charge in [-0.1, -0.05) is 12.1 Å². The first-order valence-electron chi connectivity index (χ1n) is 9.33.